The summed E-state index contributed by atoms with van der Waals surface area (Å²) in [6, 6.07) is 0. The van der Waals surface area contributed by atoms with E-state index in [2.05, 4.69) is 20.8 Å². The Labute approximate surface area is 105 Å². The lowest BCUT2D eigenvalue weighted by Crippen LogP contribution is -2.28. The minimum atomic E-state index is 0.335. The number of carbonyl (C=O) groups is 1. The lowest BCUT2D eigenvalue weighted by molar-refractivity contribution is -0.124. The third-order valence-electron chi connectivity index (χ3n) is 3.96. The fourth-order valence-electron chi connectivity index (χ4n) is 2.73. The highest BCUT2D eigenvalue weighted by atomic mass is 35.5. The maximum absolute atomic E-state index is 11.9. The van der Waals surface area contributed by atoms with Gasteiger partial charge < -0.3 is 0 Å². The second kappa shape index (κ2) is 6.05. The monoisotopic (exact) mass is 244 g/mol. The summed E-state index contributed by atoms with van der Waals surface area (Å²) in [5.41, 5.74) is 0.407. The number of hydrogen-bond donors (Lipinski definition) is 0. The summed E-state index contributed by atoms with van der Waals surface area (Å²) >= 11 is 5.62. The standard InChI is InChI=1S/C14H25ClO/c1-14(2,3)12-8-6-11(7-9-12)13(16)5-4-10-15/h11-12H,4-10H2,1-3H3. The van der Waals surface area contributed by atoms with E-state index in [4.69, 9.17) is 11.6 Å². The summed E-state index contributed by atoms with van der Waals surface area (Å²) in [5.74, 6) is 2.20. The molecule has 1 fully saturated rings. The molecule has 1 aliphatic carbocycles. The Bertz CT molecular complexity index is 221. The van der Waals surface area contributed by atoms with E-state index in [1.165, 1.54) is 12.8 Å². The molecule has 2 heteroatoms. The van der Waals surface area contributed by atoms with Gasteiger partial charge in [0, 0.05) is 18.2 Å². The summed E-state index contributed by atoms with van der Waals surface area (Å²) in [5, 5.41) is 0. The van der Waals surface area contributed by atoms with Crippen molar-refractivity contribution < 1.29 is 4.79 Å². The molecule has 1 rings (SSSR count). The molecule has 1 saturated carbocycles. The summed E-state index contributed by atoms with van der Waals surface area (Å²) < 4.78 is 0. The molecule has 0 aromatic heterocycles. The molecule has 1 nitrogen and oxygen atoms in total. The van der Waals surface area contributed by atoms with Gasteiger partial charge in [0.15, 0.2) is 0 Å². The van der Waals surface area contributed by atoms with Crippen LogP contribution in [0, 0.1) is 17.3 Å². The van der Waals surface area contributed by atoms with E-state index in [0.29, 0.717) is 29.4 Å². The van der Waals surface area contributed by atoms with Crippen LogP contribution in [0.4, 0.5) is 0 Å². The van der Waals surface area contributed by atoms with Crippen molar-refractivity contribution in [2.24, 2.45) is 17.3 Å². The summed E-state index contributed by atoms with van der Waals surface area (Å²) in [6.07, 6.45) is 6.18. The molecule has 94 valence electrons. The van der Waals surface area contributed by atoms with E-state index >= 15 is 0 Å². The minimum absolute atomic E-state index is 0.335. The molecule has 0 spiro atoms. The van der Waals surface area contributed by atoms with Crippen LogP contribution in [0.15, 0.2) is 0 Å². The predicted octanol–water partition coefficient (Wildman–Crippen LogP) is 4.43. The number of rotatable bonds is 4. The van der Waals surface area contributed by atoms with Crippen LogP contribution in [-0.2, 0) is 4.79 Å². The van der Waals surface area contributed by atoms with E-state index in [1.807, 2.05) is 0 Å². The summed E-state index contributed by atoms with van der Waals surface area (Å²) in [4.78, 5) is 11.9. The largest absolute Gasteiger partial charge is 0.299 e. The van der Waals surface area contributed by atoms with E-state index in [9.17, 15) is 4.79 Å². The van der Waals surface area contributed by atoms with E-state index in [1.54, 1.807) is 0 Å². The smallest absolute Gasteiger partial charge is 0.136 e. The van der Waals surface area contributed by atoms with Crippen molar-refractivity contribution in [3.63, 3.8) is 0 Å². The van der Waals surface area contributed by atoms with Gasteiger partial charge in [-0.3, -0.25) is 4.79 Å². The van der Waals surface area contributed by atoms with Gasteiger partial charge in [0.2, 0.25) is 0 Å². The molecule has 0 aromatic carbocycles. The van der Waals surface area contributed by atoms with Crippen molar-refractivity contribution in [3.05, 3.63) is 0 Å². The fraction of sp³-hybridized carbons (Fsp3) is 0.929. The first-order valence-electron chi connectivity index (χ1n) is 6.54. The number of Topliss-reactive ketones (excluding diaryl/α,β-unsaturated/α-hetero) is 1. The van der Waals surface area contributed by atoms with Gasteiger partial charge in [-0.15, -0.1) is 11.6 Å². The molecule has 0 saturated heterocycles. The second-order valence-electron chi connectivity index (χ2n) is 6.17. The lowest BCUT2D eigenvalue weighted by atomic mass is 9.69. The van der Waals surface area contributed by atoms with Gasteiger partial charge in [-0.2, -0.15) is 0 Å². The van der Waals surface area contributed by atoms with Crippen LogP contribution in [0.2, 0.25) is 0 Å². The average molecular weight is 245 g/mol. The first-order chi connectivity index (χ1) is 7.45. The molecule has 0 radical (unpaired) electrons. The minimum Gasteiger partial charge on any atom is -0.299 e. The van der Waals surface area contributed by atoms with Gasteiger partial charge in [0.05, 0.1) is 0 Å². The van der Waals surface area contributed by atoms with Crippen LogP contribution in [0.1, 0.15) is 59.3 Å². The molecule has 0 aromatic rings. The normalized spacial score (nSPS) is 26.8. The zero-order valence-electron chi connectivity index (χ0n) is 10.9. The highest BCUT2D eigenvalue weighted by Crippen LogP contribution is 2.40. The van der Waals surface area contributed by atoms with Gasteiger partial charge >= 0.3 is 0 Å². The Hall–Kier alpha value is -0.0400. The Kier molecular flexibility index (Phi) is 5.30. The number of ketones is 1. The first kappa shape index (κ1) is 14.0. The molecular weight excluding hydrogens is 220 g/mol. The molecule has 0 N–H and O–H groups in total. The highest BCUT2D eigenvalue weighted by Gasteiger charge is 2.31. The Balaban J connectivity index is 2.34. The van der Waals surface area contributed by atoms with Crippen molar-refractivity contribution in [2.45, 2.75) is 59.3 Å². The first-order valence-corrected chi connectivity index (χ1v) is 7.07. The molecular formula is C14H25ClO. The third kappa shape index (κ3) is 4.08. The Morgan fingerprint density at radius 3 is 2.19 bits per heavy atom. The van der Waals surface area contributed by atoms with E-state index in [0.717, 1.165) is 25.2 Å². The van der Waals surface area contributed by atoms with Gasteiger partial charge in [-0.1, -0.05) is 20.8 Å². The van der Waals surface area contributed by atoms with Crippen molar-refractivity contribution in [1.29, 1.82) is 0 Å². The maximum Gasteiger partial charge on any atom is 0.136 e. The summed E-state index contributed by atoms with van der Waals surface area (Å²) in [6.45, 7) is 6.94. The average Bonchev–Trinajstić information content (AvgIpc) is 2.25. The number of alkyl halides is 1. The molecule has 0 atom stereocenters. The molecule has 0 bridgehead atoms. The Morgan fingerprint density at radius 2 is 1.75 bits per heavy atom. The quantitative estimate of drug-likeness (QED) is 0.669. The second-order valence-corrected chi connectivity index (χ2v) is 6.55. The fourth-order valence-corrected chi connectivity index (χ4v) is 2.86. The molecule has 0 heterocycles. The van der Waals surface area contributed by atoms with Crippen molar-refractivity contribution in [1.82, 2.24) is 0 Å². The van der Waals surface area contributed by atoms with Gasteiger partial charge in [0.1, 0.15) is 5.78 Å². The maximum atomic E-state index is 11.9. The van der Waals surface area contributed by atoms with Gasteiger partial charge in [-0.25, -0.2) is 0 Å². The topological polar surface area (TPSA) is 17.1 Å². The number of halogens is 1. The van der Waals surface area contributed by atoms with Crippen LogP contribution >= 0.6 is 11.6 Å². The van der Waals surface area contributed by atoms with Gasteiger partial charge in [-0.05, 0) is 43.4 Å². The highest BCUT2D eigenvalue weighted by molar-refractivity contribution is 6.17. The Morgan fingerprint density at radius 1 is 1.19 bits per heavy atom. The number of carbonyl (C=O) groups excluding carboxylic acids is 1. The van der Waals surface area contributed by atoms with Crippen molar-refractivity contribution in [2.75, 3.05) is 5.88 Å². The molecule has 0 amide bonds. The van der Waals surface area contributed by atoms with Crippen LogP contribution in [0.5, 0.6) is 0 Å². The van der Waals surface area contributed by atoms with Crippen molar-refractivity contribution in [3.8, 4) is 0 Å². The zero-order chi connectivity index (χ0) is 12.2. The van der Waals surface area contributed by atoms with Crippen LogP contribution < -0.4 is 0 Å². The van der Waals surface area contributed by atoms with Crippen LogP contribution in [0.25, 0.3) is 0 Å². The van der Waals surface area contributed by atoms with E-state index < -0.39 is 0 Å². The summed E-state index contributed by atoms with van der Waals surface area (Å²) in [7, 11) is 0. The zero-order valence-corrected chi connectivity index (χ0v) is 11.6. The van der Waals surface area contributed by atoms with Crippen LogP contribution in [-0.4, -0.2) is 11.7 Å². The van der Waals surface area contributed by atoms with E-state index in [-0.39, 0.29) is 0 Å². The van der Waals surface area contributed by atoms with Crippen molar-refractivity contribution >= 4 is 17.4 Å². The molecule has 16 heavy (non-hydrogen) atoms. The molecule has 0 aliphatic heterocycles. The van der Waals surface area contributed by atoms with Crippen LogP contribution in [0.3, 0.4) is 0 Å². The predicted molar refractivity (Wildman–Crippen MR) is 69.9 cm³/mol. The number of hydrogen-bond acceptors (Lipinski definition) is 1. The SMILES string of the molecule is CC(C)(C)C1CCC(C(=O)CCCCl)CC1. The lowest BCUT2D eigenvalue weighted by Gasteiger charge is -2.36. The third-order valence-corrected chi connectivity index (χ3v) is 4.23. The molecule has 1 aliphatic rings. The van der Waals surface area contributed by atoms with Gasteiger partial charge in [0.25, 0.3) is 0 Å². The molecule has 0 unspecified atom stereocenters.